The van der Waals surface area contributed by atoms with Crippen LogP contribution in [0.15, 0.2) is 48.5 Å². The van der Waals surface area contributed by atoms with Crippen LogP contribution >= 0.6 is 0 Å². The van der Waals surface area contributed by atoms with E-state index < -0.39 is 6.10 Å². The smallest absolute Gasteiger partial charge is 0.269 e. The van der Waals surface area contributed by atoms with Crippen molar-refractivity contribution in [3.8, 4) is 5.75 Å². The van der Waals surface area contributed by atoms with Crippen LogP contribution in [0, 0.1) is 10.1 Å². The third-order valence-corrected chi connectivity index (χ3v) is 5.96. The Balaban J connectivity index is 1.55. The molecule has 7 nitrogen and oxygen atoms in total. The highest BCUT2D eigenvalue weighted by Crippen LogP contribution is 2.25. The molecule has 0 spiro atoms. The second kappa shape index (κ2) is 10.2. The van der Waals surface area contributed by atoms with Crippen molar-refractivity contribution in [1.82, 2.24) is 10.2 Å². The van der Waals surface area contributed by atoms with E-state index in [1.807, 2.05) is 18.2 Å². The number of aliphatic hydroxyl groups excluding tert-OH is 1. The number of non-ortho nitro benzene ring substituents is 1. The SMILES string of the molecule is COc1ccc(CC(C)(C)NCC(O)C2CCCN2Cc2cccc([N+](=O)[O-])c2)cc1. The van der Waals surface area contributed by atoms with Gasteiger partial charge >= 0.3 is 0 Å². The first-order valence-electron chi connectivity index (χ1n) is 10.8. The number of hydrogen-bond acceptors (Lipinski definition) is 6. The van der Waals surface area contributed by atoms with Crippen LogP contribution in [0.25, 0.3) is 0 Å². The molecular weight excluding hydrogens is 394 g/mol. The Morgan fingerprint density at radius 3 is 2.68 bits per heavy atom. The van der Waals surface area contributed by atoms with E-state index in [9.17, 15) is 15.2 Å². The molecule has 2 unspecified atom stereocenters. The maximum absolute atomic E-state index is 11.0. The zero-order valence-electron chi connectivity index (χ0n) is 18.6. The minimum atomic E-state index is -0.503. The molecule has 7 heteroatoms. The highest BCUT2D eigenvalue weighted by Gasteiger charge is 2.31. The van der Waals surface area contributed by atoms with Crippen LogP contribution in [0.5, 0.6) is 5.75 Å². The van der Waals surface area contributed by atoms with Crippen molar-refractivity contribution in [2.24, 2.45) is 0 Å². The standard InChI is InChI=1S/C24H33N3O4/c1-24(2,15-18-9-11-21(31-3)12-10-18)25-16-23(28)22-8-5-13-26(22)17-19-6-4-7-20(14-19)27(29)30/h4,6-7,9-12,14,22-23,25,28H,5,8,13,15-17H2,1-3H3. The van der Waals surface area contributed by atoms with Crippen LogP contribution in [0.2, 0.25) is 0 Å². The maximum Gasteiger partial charge on any atom is 0.269 e. The molecular formula is C24H33N3O4. The molecule has 1 aliphatic heterocycles. The Hall–Kier alpha value is -2.48. The van der Waals surface area contributed by atoms with Crippen LogP contribution in [-0.2, 0) is 13.0 Å². The number of nitro groups is 1. The zero-order chi connectivity index (χ0) is 22.4. The summed E-state index contributed by atoms with van der Waals surface area (Å²) < 4.78 is 5.22. The number of aliphatic hydroxyl groups is 1. The van der Waals surface area contributed by atoms with Gasteiger partial charge in [-0.2, -0.15) is 0 Å². The Labute approximate surface area is 184 Å². The van der Waals surface area contributed by atoms with Crippen LogP contribution in [0.4, 0.5) is 5.69 Å². The lowest BCUT2D eigenvalue weighted by Gasteiger charge is -2.33. The Morgan fingerprint density at radius 2 is 2.00 bits per heavy atom. The van der Waals surface area contributed by atoms with Gasteiger partial charge in [-0.3, -0.25) is 15.0 Å². The number of nitrogens with zero attached hydrogens (tertiary/aromatic N) is 2. The second-order valence-corrected chi connectivity index (χ2v) is 8.96. The minimum Gasteiger partial charge on any atom is -0.497 e. The molecule has 1 heterocycles. The normalized spacial score (nSPS) is 18.1. The molecule has 168 valence electrons. The summed E-state index contributed by atoms with van der Waals surface area (Å²) >= 11 is 0. The fraction of sp³-hybridized carbons (Fsp3) is 0.500. The molecule has 0 bridgehead atoms. The molecule has 0 radical (unpaired) electrons. The van der Waals surface area contributed by atoms with Gasteiger partial charge in [-0.15, -0.1) is 0 Å². The molecule has 1 saturated heterocycles. The molecule has 2 N–H and O–H groups in total. The van der Waals surface area contributed by atoms with Crippen LogP contribution in [-0.4, -0.2) is 52.8 Å². The largest absolute Gasteiger partial charge is 0.497 e. The third kappa shape index (κ3) is 6.50. The number of nitrogens with one attached hydrogen (secondary N) is 1. The van der Waals surface area contributed by atoms with Crippen molar-refractivity contribution < 1.29 is 14.8 Å². The third-order valence-electron chi connectivity index (χ3n) is 5.96. The van der Waals surface area contributed by atoms with E-state index in [1.54, 1.807) is 19.2 Å². The van der Waals surface area contributed by atoms with E-state index in [4.69, 9.17) is 4.74 Å². The molecule has 0 aliphatic carbocycles. The number of likely N-dealkylation sites (tertiary alicyclic amines) is 1. The van der Waals surface area contributed by atoms with Crippen molar-refractivity contribution in [1.29, 1.82) is 0 Å². The molecule has 2 atom stereocenters. The molecule has 3 rings (SSSR count). The Morgan fingerprint density at radius 1 is 1.26 bits per heavy atom. The molecule has 2 aromatic carbocycles. The van der Waals surface area contributed by atoms with Gasteiger partial charge in [0.1, 0.15) is 5.75 Å². The highest BCUT2D eigenvalue weighted by atomic mass is 16.6. The summed E-state index contributed by atoms with van der Waals surface area (Å²) in [5, 5.41) is 25.5. The summed E-state index contributed by atoms with van der Waals surface area (Å²) in [4.78, 5) is 12.9. The van der Waals surface area contributed by atoms with E-state index in [0.717, 1.165) is 37.1 Å². The van der Waals surface area contributed by atoms with E-state index in [1.165, 1.54) is 11.6 Å². The number of hydrogen-bond donors (Lipinski definition) is 2. The van der Waals surface area contributed by atoms with Crippen LogP contribution < -0.4 is 10.1 Å². The number of rotatable bonds is 10. The van der Waals surface area contributed by atoms with E-state index >= 15 is 0 Å². The van der Waals surface area contributed by atoms with Gasteiger partial charge in [0.05, 0.1) is 18.1 Å². The summed E-state index contributed by atoms with van der Waals surface area (Å²) in [6, 6.07) is 14.9. The van der Waals surface area contributed by atoms with Gasteiger partial charge in [-0.25, -0.2) is 0 Å². The van der Waals surface area contributed by atoms with E-state index in [0.29, 0.717) is 13.1 Å². The Kier molecular flexibility index (Phi) is 7.64. The average molecular weight is 428 g/mol. The summed E-state index contributed by atoms with van der Waals surface area (Å²) in [6.07, 6.45) is 2.28. The van der Waals surface area contributed by atoms with Crippen molar-refractivity contribution in [3.63, 3.8) is 0 Å². The molecule has 2 aromatic rings. The first-order valence-corrected chi connectivity index (χ1v) is 10.8. The first kappa shape index (κ1) is 23.2. The van der Waals surface area contributed by atoms with Gasteiger partial charge in [0.2, 0.25) is 0 Å². The molecule has 31 heavy (non-hydrogen) atoms. The summed E-state index contributed by atoms with van der Waals surface area (Å²) in [7, 11) is 1.66. The van der Waals surface area contributed by atoms with Gasteiger partial charge in [0.15, 0.2) is 0 Å². The molecule has 0 amide bonds. The zero-order valence-corrected chi connectivity index (χ0v) is 18.6. The molecule has 1 aliphatic rings. The second-order valence-electron chi connectivity index (χ2n) is 8.96. The van der Waals surface area contributed by atoms with Gasteiger partial charge in [-0.1, -0.05) is 24.3 Å². The first-order chi connectivity index (χ1) is 14.8. The molecule has 0 saturated carbocycles. The summed E-state index contributed by atoms with van der Waals surface area (Å²) in [5.74, 6) is 0.843. The topological polar surface area (TPSA) is 87.9 Å². The summed E-state index contributed by atoms with van der Waals surface area (Å²) in [5.41, 5.74) is 2.05. The number of nitro benzene ring substituents is 1. The lowest BCUT2D eigenvalue weighted by molar-refractivity contribution is -0.384. The van der Waals surface area contributed by atoms with Gasteiger partial charge < -0.3 is 15.2 Å². The molecule has 1 fully saturated rings. The molecule has 0 aromatic heterocycles. The highest BCUT2D eigenvalue weighted by molar-refractivity contribution is 5.34. The van der Waals surface area contributed by atoms with Gasteiger partial charge in [0, 0.05) is 36.8 Å². The maximum atomic E-state index is 11.0. The lowest BCUT2D eigenvalue weighted by Crippen LogP contribution is -2.50. The fourth-order valence-electron chi connectivity index (χ4n) is 4.32. The predicted molar refractivity (Wildman–Crippen MR) is 121 cm³/mol. The Bertz CT molecular complexity index is 869. The minimum absolute atomic E-state index is 0.0450. The number of ether oxygens (including phenoxy) is 1. The van der Waals surface area contributed by atoms with E-state index in [2.05, 4.69) is 36.2 Å². The van der Waals surface area contributed by atoms with Crippen LogP contribution in [0.1, 0.15) is 37.8 Å². The fourth-order valence-corrected chi connectivity index (χ4v) is 4.32. The predicted octanol–water partition coefficient (Wildman–Crippen LogP) is 3.54. The number of methoxy groups -OCH3 is 1. The number of β-amino-alcohol motifs (C(OH)–C–C–N with tert-alkyl or cyclic N) is 1. The van der Waals surface area contributed by atoms with Crippen molar-refractivity contribution in [2.45, 2.75) is 57.3 Å². The van der Waals surface area contributed by atoms with Crippen molar-refractivity contribution in [2.75, 3.05) is 20.2 Å². The number of benzene rings is 2. The van der Waals surface area contributed by atoms with Crippen molar-refractivity contribution >= 4 is 5.69 Å². The van der Waals surface area contributed by atoms with Crippen molar-refractivity contribution in [3.05, 3.63) is 69.8 Å². The quantitative estimate of drug-likeness (QED) is 0.445. The van der Waals surface area contributed by atoms with Gasteiger partial charge in [-0.05, 0) is 62.9 Å². The van der Waals surface area contributed by atoms with E-state index in [-0.39, 0.29) is 22.2 Å². The summed E-state index contributed by atoms with van der Waals surface area (Å²) in [6.45, 7) is 6.27. The lowest BCUT2D eigenvalue weighted by atomic mass is 9.94. The monoisotopic (exact) mass is 427 g/mol. The van der Waals surface area contributed by atoms with Crippen LogP contribution in [0.3, 0.4) is 0 Å². The van der Waals surface area contributed by atoms with Gasteiger partial charge in [0.25, 0.3) is 5.69 Å². The average Bonchev–Trinajstić information content (AvgIpc) is 3.20.